The van der Waals surface area contributed by atoms with Crippen molar-refractivity contribution < 1.29 is 4.42 Å². The molecule has 5 heteroatoms. The molecular weight excluding hydrogens is 370 g/mol. The van der Waals surface area contributed by atoms with Crippen LogP contribution >= 0.6 is 11.6 Å². The number of fused-ring (bicyclic) bond motifs is 2. The van der Waals surface area contributed by atoms with Crippen molar-refractivity contribution in [2.24, 2.45) is 0 Å². The second-order valence-corrected chi connectivity index (χ2v) is 7.77. The van der Waals surface area contributed by atoms with Crippen molar-refractivity contribution in [3.05, 3.63) is 71.6 Å². The zero-order chi connectivity index (χ0) is 18.9. The van der Waals surface area contributed by atoms with Crippen molar-refractivity contribution in [1.82, 2.24) is 9.88 Å². The Morgan fingerprint density at radius 2 is 1.86 bits per heavy atom. The smallest absolute Gasteiger partial charge is 0.135 e. The highest BCUT2D eigenvalue weighted by atomic mass is 35.5. The van der Waals surface area contributed by atoms with Crippen LogP contribution in [0.25, 0.3) is 21.9 Å². The van der Waals surface area contributed by atoms with Gasteiger partial charge in [0.05, 0.1) is 17.5 Å². The van der Waals surface area contributed by atoms with Crippen molar-refractivity contribution in [2.45, 2.75) is 6.42 Å². The van der Waals surface area contributed by atoms with Gasteiger partial charge in [0.25, 0.3) is 0 Å². The summed E-state index contributed by atoms with van der Waals surface area (Å²) in [6.07, 6.45) is 4.74. The van der Waals surface area contributed by atoms with Crippen LogP contribution in [-0.4, -0.2) is 42.6 Å². The van der Waals surface area contributed by atoms with Crippen LogP contribution in [0.1, 0.15) is 5.56 Å². The van der Waals surface area contributed by atoms with E-state index in [4.69, 9.17) is 16.0 Å². The molecule has 0 amide bonds. The van der Waals surface area contributed by atoms with Crippen molar-refractivity contribution in [2.75, 3.05) is 37.6 Å². The molecule has 0 saturated carbocycles. The fourth-order valence-corrected chi connectivity index (χ4v) is 4.25. The fourth-order valence-electron chi connectivity index (χ4n) is 4.08. The van der Waals surface area contributed by atoms with E-state index in [0.717, 1.165) is 50.2 Å². The lowest BCUT2D eigenvalue weighted by Gasteiger charge is -2.36. The summed E-state index contributed by atoms with van der Waals surface area (Å²) in [4.78, 5) is 9.60. The number of piperazine rings is 1. The van der Waals surface area contributed by atoms with E-state index in [9.17, 15) is 0 Å². The quantitative estimate of drug-likeness (QED) is 0.490. The highest BCUT2D eigenvalue weighted by Gasteiger charge is 2.19. The van der Waals surface area contributed by atoms with Gasteiger partial charge in [-0.15, -0.1) is 0 Å². The minimum absolute atomic E-state index is 0.715. The molecule has 2 aromatic carbocycles. The van der Waals surface area contributed by atoms with E-state index in [2.05, 4.69) is 45.1 Å². The largest absolute Gasteiger partial charge is 0.464 e. The Hall–Kier alpha value is -2.56. The van der Waals surface area contributed by atoms with Crippen LogP contribution in [0.4, 0.5) is 5.69 Å². The van der Waals surface area contributed by atoms with Gasteiger partial charge in [-0.05, 0) is 42.3 Å². The van der Waals surface area contributed by atoms with Crippen LogP contribution in [0, 0.1) is 0 Å². The van der Waals surface area contributed by atoms with Crippen LogP contribution in [0.15, 0.2) is 65.4 Å². The van der Waals surface area contributed by atoms with Gasteiger partial charge in [0.1, 0.15) is 5.58 Å². The van der Waals surface area contributed by atoms with Crippen molar-refractivity contribution in [3.63, 3.8) is 0 Å². The highest BCUT2D eigenvalue weighted by molar-refractivity contribution is 6.31. The third-order valence-electron chi connectivity index (χ3n) is 5.64. The standard InChI is InChI=1S/C23H22ClN3O/c24-19-6-7-20-18(16-28-22(20)15-19)8-10-26-11-13-27(14-12-26)21-5-1-3-17-4-2-9-25-23(17)21/h1-7,9,15-16H,8,10-14H2. The van der Waals surface area contributed by atoms with Crippen LogP contribution in [0.3, 0.4) is 0 Å². The van der Waals surface area contributed by atoms with Crippen LogP contribution in [-0.2, 0) is 6.42 Å². The van der Waals surface area contributed by atoms with Gasteiger partial charge in [0.15, 0.2) is 0 Å². The number of furan rings is 1. The van der Waals surface area contributed by atoms with Gasteiger partial charge >= 0.3 is 0 Å². The molecule has 3 heterocycles. The minimum atomic E-state index is 0.715. The SMILES string of the molecule is Clc1ccc2c(CCN3CCN(c4cccc5cccnc45)CC3)coc2c1. The summed E-state index contributed by atoms with van der Waals surface area (Å²) in [7, 11) is 0. The van der Waals surface area contributed by atoms with E-state index in [1.54, 1.807) is 0 Å². The van der Waals surface area contributed by atoms with E-state index < -0.39 is 0 Å². The van der Waals surface area contributed by atoms with Gasteiger partial charge in [-0.3, -0.25) is 9.88 Å². The number of hydrogen-bond donors (Lipinski definition) is 0. The molecule has 2 aromatic heterocycles. The second-order valence-electron chi connectivity index (χ2n) is 7.33. The molecule has 5 rings (SSSR count). The lowest BCUT2D eigenvalue weighted by atomic mass is 10.1. The predicted octanol–water partition coefficient (Wildman–Crippen LogP) is 5.00. The third kappa shape index (κ3) is 3.34. The summed E-state index contributed by atoms with van der Waals surface area (Å²) in [5.74, 6) is 0. The van der Waals surface area contributed by atoms with Crippen molar-refractivity contribution in [1.29, 1.82) is 0 Å². The number of nitrogens with zero attached hydrogens (tertiary/aromatic N) is 3. The van der Waals surface area contributed by atoms with Gasteiger partial charge in [0.2, 0.25) is 0 Å². The average molecular weight is 392 g/mol. The Balaban J connectivity index is 1.23. The summed E-state index contributed by atoms with van der Waals surface area (Å²) >= 11 is 6.05. The normalized spacial score (nSPS) is 15.5. The Bertz CT molecular complexity index is 1110. The first-order valence-corrected chi connectivity index (χ1v) is 10.1. The summed E-state index contributed by atoms with van der Waals surface area (Å²) in [6, 6.07) is 16.4. The first kappa shape index (κ1) is 17.5. The van der Waals surface area contributed by atoms with E-state index >= 15 is 0 Å². The Morgan fingerprint density at radius 1 is 1.00 bits per heavy atom. The summed E-state index contributed by atoms with van der Waals surface area (Å²) in [5.41, 5.74) is 4.47. The molecule has 0 spiro atoms. The average Bonchev–Trinajstić information content (AvgIpc) is 3.14. The Morgan fingerprint density at radius 3 is 2.75 bits per heavy atom. The molecule has 4 aromatic rings. The third-order valence-corrected chi connectivity index (χ3v) is 5.87. The number of anilines is 1. The molecule has 28 heavy (non-hydrogen) atoms. The van der Waals surface area contributed by atoms with Gasteiger partial charge in [0, 0.05) is 54.7 Å². The van der Waals surface area contributed by atoms with E-state index in [0.29, 0.717) is 5.02 Å². The Kier molecular flexibility index (Phi) is 4.67. The maximum Gasteiger partial charge on any atom is 0.135 e. The lowest BCUT2D eigenvalue weighted by molar-refractivity contribution is 0.261. The lowest BCUT2D eigenvalue weighted by Crippen LogP contribution is -2.47. The van der Waals surface area contributed by atoms with Gasteiger partial charge in [-0.1, -0.05) is 29.8 Å². The fraction of sp³-hybridized carbons (Fsp3) is 0.261. The van der Waals surface area contributed by atoms with Gasteiger partial charge in [-0.2, -0.15) is 0 Å². The zero-order valence-electron chi connectivity index (χ0n) is 15.6. The molecule has 1 aliphatic heterocycles. The molecule has 0 radical (unpaired) electrons. The zero-order valence-corrected chi connectivity index (χ0v) is 16.4. The number of rotatable bonds is 4. The number of halogens is 1. The van der Waals surface area contributed by atoms with Gasteiger partial charge < -0.3 is 9.32 Å². The first-order chi connectivity index (χ1) is 13.8. The molecule has 0 atom stereocenters. The summed E-state index contributed by atoms with van der Waals surface area (Å²) in [5, 5.41) is 3.09. The van der Waals surface area contributed by atoms with E-state index in [1.807, 2.05) is 30.7 Å². The van der Waals surface area contributed by atoms with E-state index in [1.165, 1.54) is 22.0 Å². The summed E-state index contributed by atoms with van der Waals surface area (Å²) in [6.45, 7) is 5.21. The maximum absolute atomic E-state index is 6.05. The molecule has 1 aliphatic rings. The Labute approximate surface area is 169 Å². The molecule has 1 fully saturated rings. The monoisotopic (exact) mass is 391 g/mol. The number of aromatic nitrogens is 1. The number of pyridine rings is 1. The number of benzene rings is 2. The predicted molar refractivity (Wildman–Crippen MR) is 115 cm³/mol. The molecule has 4 nitrogen and oxygen atoms in total. The molecule has 0 aliphatic carbocycles. The number of hydrogen-bond acceptors (Lipinski definition) is 4. The van der Waals surface area contributed by atoms with Crippen molar-refractivity contribution in [3.8, 4) is 0 Å². The van der Waals surface area contributed by atoms with Crippen LogP contribution < -0.4 is 4.90 Å². The molecule has 0 bridgehead atoms. The summed E-state index contributed by atoms with van der Waals surface area (Å²) < 4.78 is 5.67. The van der Waals surface area contributed by atoms with Crippen LogP contribution in [0.5, 0.6) is 0 Å². The highest BCUT2D eigenvalue weighted by Crippen LogP contribution is 2.27. The van der Waals surface area contributed by atoms with Crippen LogP contribution in [0.2, 0.25) is 5.02 Å². The van der Waals surface area contributed by atoms with Crippen molar-refractivity contribution >= 4 is 39.2 Å². The number of para-hydroxylation sites is 1. The minimum Gasteiger partial charge on any atom is -0.464 e. The molecule has 0 N–H and O–H groups in total. The topological polar surface area (TPSA) is 32.5 Å². The second kappa shape index (κ2) is 7.46. The molecule has 1 saturated heterocycles. The van der Waals surface area contributed by atoms with E-state index in [-0.39, 0.29) is 0 Å². The maximum atomic E-state index is 6.05. The molecule has 0 unspecified atom stereocenters. The molecule has 142 valence electrons. The molecular formula is C23H22ClN3O. The van der Waals surface area contributed by atoms with Gasteiger partial charge in [-0.25, -0.2) is 0 Å². The first-order valence-electron chi connectivity index (χ1n) is 9.74.